The molecule has 0 amide bonds. The maximum absolute atomic E-state index is 13.1. The number of rotatable bonds is 6. The number of benzene rings is 3. The second-order valence-corrected chi connectivity index (χ2v) is 9.25. The van der Waals surface area contributed by atoms with E-state index in [1.54, 1.807) is 12.1 Å². The number of esters is 1. The average Bonchev–Trinajstić information content (AvgIpc) is 2.84. The molecule has 0 unspecified atom stereocenters. The van der Waals surface area contributed by atoms with Gasteiger partial charge in [0.15, 0.2) is 0 Å². The highest BCUT2D eigenvalue weighted by Crippen LogP contribution is 2.22. The quantitative estimate of drug-likeness (QED) is 0.553. The summed E-state index contributed by atoms with van der Waals surface area (Å²) in [5.41, 5.74) is 2.18. The molecule has 1 fully saturated rings. The largest absolute Gasteiger partial charge is 0.457 e. The smallest absolute Gasteiger partial charge is 0.338 e. The Morgan fingerprint density at radius 2 is 1.45 bits per heavy atom. The van der Waals surface area contributed by atoms with E-state index in [4.69, 9.17) is 4.74 Å². The van der Waals surface area contributed by atoms with Crippen LogP contribution in [0.3, 0.4) is 0 Å². The van der Waals surface area contributed by atoms with Crippen molar-refractivity contribution in [1.82, 2.24) is 4.31 Å². The Labute approximate surface area is 182 Å². The van der Waals surface area contributed by atoms with Gasteiger partial charge in [-0.25, -0.2) is 13.2 Å². The van der Waals surface area contributed by atoms with E-state index in [-0.39, 0.29) is 17.1 Å². The standard InChI is InChI=1S/C24H24N2O4S/c27-24(30-19-20-8-3-1-4-9-20)21-10-7-13-23(18-21)31(28,29)26-16-14-25(15-17-26)22-11-5-2-6-12-22/h1-13,18H,14-17,19H2. The molecule has 4 rings (SSSR count). The molecule has 1 saturated heterocycles. The molecule has 0 radical (unpaired) electrons. The number of ether oxygens (including phenoxy) is 1. The van der Waals surface area contributed by atoms with Crippen molar-refractivity contribution >= 4 is 21.7 Å². The minimum Gasteiger partial charge on any atom is -0.457 e. The second kappa shape index (κ2) is 9.32. The van der Waals surface area contributed by atoms with Crippen LogP contribution in [0.5, 0.6) is 0 Å². The van der Waals surface area contributed by atoms with Gasteiger partial charge in [-0.05, 0) is 35.9 Å². The van der Waals surface area contributed by atoms with Crippen molar-refractivity contribution in [3.63, 3.8) is 0 Å². The van der Waals surface area contributed by atoms with Gasteiger partial charge in [-0.2, -0.15) is 4.31 Å². The topological polar surface area (TPSA) is 66.9 Å². The summed E-state index contributed by atoms with van der Waals surface area (Å²) in [6, 6.07) is 25.4. The van der Waals surface area contributed by atoms with Crippen molar-refractivity contribution in [1.29, 1.82) is 0 Å². The Bertz CT molecular complexity index is 1130. The van der Waals surface area contributed by atoms with Gasteiger partial charge in [0.25, 0.3) is 0 Å². The molecule has 31 heavy (non-hydrogen) atoms. The fourth-order valence-electron chi connectivity index (χ4n) is 3.56. The molecule has 1 aliphatic heterocycles. The lowest BCUT2D eigenvalue weighted by molar-refractivity contribution is 0.0472. The summed E-state index contributed by atoms with van der Waals surface area (Å²) in [5, 5.41) is 0. The first-order valence-corrected chi connectivity index (χ1v) is 11.6. The van der Waals surface area contributed by atoms with E-state index in [2.05, 4.69) is 4.90 Å². The summed E-state index contributed by atoms with van der Waals surface area (Å²) in [6.07, 6.45) is 0. The number of carbonyl (C=O) groups is 1. The van der Waals surface area contributed by atoms with Crippen molar-refractivity contribution in [3.8, 4) is 0 Å². The van der Waals surface area contributed by atoms with E-state index in [1.165, 1.54) is 16.4 Å². The highest BCUT2D eigenvalue weighted by atomic mass is 32.2. The fourth-order valence-corrected chi connectivity index (χ4v) is 5.03. The number of hydrogen-bond acceptors (Lipinski definition) is 5. The predicted octanol–water partition coefficient (Wildman–Crippen LogP) is 3.55. The molecule has 3 aromatic rings. The molecule has 160 valence electrons. The van der Waals surface area contributed by atoms with Crippen molar-refractivity contribution in [2.75, 3.05) is 31.1 Å². The van der Waals surface area contributed by atoms with E-state index in [0.717, 1.165) is 11.3 Å². The molecule has 0 saturated carbocycles. The predicted molar refractivity (Wildman–Crippen MR) is 119 cm³/mol. The van der Waals surface area contributed by atoms with Crippen LogP contribution < -0.4 is 4.90 Å². The normalized spacial score (nSPS) is 14.9. The molecule has 6 nitrogen and oxygen atoms in total. The van der Waals surface area contributed by atoms with Crippen LogP contribution in [0.4, 0.5) is 5.69 Å². The molecular formula is C24H24N2O4S. The van der Waals surface area contributed by atoms with Crippen LogP contribution >= 0.6 is 0 Å². The Hall–Kier alpha value is -3.16. The van der Waals surface area contributed by atoms with Gasteiger partial charge in [-0.3, -0.25) is 0 Å². The van der Waals surface area contributed by atoms with Crippen LogP contribution in [0.2, 0.25) is 0 Å². The van der Waals surface area contributed by atoms with Gasteiger partial charge in [0.05, 0.1) is 10.5 Å². The van der Waals surface area contributed by atoms with Crippen molar-refractivity contribution in [3.05, 3.63) is 96.1 Å². The maximum atomic E-state index is 13.1. The van der Waals surface area contributed by atoms with Gasteiger partial charge in [-0.1, -0.05) is 54.6 Å². The first-order valence-electron chi connectivity index (χ1n) is 10.2. The fraction of sp³-hybridized carbons (Fsp3) is 0.208. The Balaban J connectivity index is 1.42. The molecule has 0 atom stereocenters. The lowest BCUT2D eigenvalue weighted by Crippen LogP contribution is -2.48. The molecule has 0 N–H and O–H groups in total. The van der Waals surface area contributed by atoms with Gasteiger partial charge in [-0.15, -0.1) is 0 Å². The first kappa shape index (κ1) is 21.1. The number of anilines is 1. The summed E-state index contributed by atoms with van der Waals surface area (Å²) < 4.78 is 33.1. The van der Waals surface area contributed by atoms with Crippen LogP contribution in [0, 0.1) is 0 Å². The first-order chi connectivity index (χ1) is 15.0. The van der Waals surface area contributed by atoms with E-state index >= 15 is 0 Å². The zero-order valence-corrected chi connectivity index (χ0v) is 17.9. The highest BCUT2D eigenvalue weighted by molar-refractivity contribution is 7.89. The van der Waals surface area contributed by atoms with Crippen molar-refractivity contribution in [2.24, 2.45) is 0 Å². The Morgan fingerprint density at radius 3 is 2.13 bits per heavy atom. The molecule has 1 aliphatic rings. The number of hydrogen-bond donors (Lipinski definition) is 0. The van der Waals surface area contributed by atoms with E-state index in [0.29, 0.717) is 26.2 Å². The summed E-state index contributed by atoms with van der Waals surface area (Å²) in [7, 11) is -3.69. The molecule has 7 heteroatoms. The highest BCUT2D eigenvalue weighted by Gasteiger charge is 2.29. The number of para-hydroxylation sites is 1. The molecule has 0 aromatic heterocycles. The number of sulfonamides is 1. The van der Waals surface area contributed by atoms with Crippen LogP contribution in [-0.2, 0) is 21.4 Å². The molecular weight excluding hydrogens is 412 g/mol. The third kappa shape index (κ3) is 4.95. The zero-order chi connectivity index (χ0) is 21.7. The molecule has 0 bridgehead atoms. The summed E-state index contributed by atoms with van der Waals surface area (Å²) in [6.45, 7) is 2.14. The zero-order valence-electron chi connectivity index (χ0n) is 17.1. The monoisotopic (exact) mass is 436 g/mol. The van der Waals surface area contributed by atoms with Crippen molar-refractivity contribution < 1.29 is 17.9 Å². The Kier molecular flexibility index (Phi) is 6.34. The van der Waals surface area contributed by atoms with Gasteiger partial charge < -0.3 is 9.64 Å². The van der Waals surface area contributed by atoms with E-state index in [9.17, 15) is 13.2 Å². The van der Waals surface area contributed by atoms with Crippen LogP contribution in [0.1, 0.15) is 15.9 Å². The van der Waals surface area contributed by atoms with Crippen molar-refractivity contribution in [2.45, 2.75) is 11.5 Å². The second-order valence-electron chi connectivity index (χ2n) is 7.32. The Morgan fingerprint density at radius 1 is 0.806 bits per heavy atom. The third-order valence-electron chi connectivity index (χ3n) is 5.28. The summed E-state index contributed by atoms with van der Waals surface area (Å²) >= 11 is 0. The van der Waals surface area contributed by atoms with Crippen LogP contribution in [0.15, 0.2) is 89.8 Å². The number of carbonyl (C=O) groups excluding carboxylic acids is 1. The van der Waals surface area contributed by atoms with E-state index in [1.807, 2.05) is 60.7 Å². The number of piperazine rings is 1. The van der Waals surface area contributed by atoms with Gasteiger partial charge in [0.1, 0.15) is 6.61 Å². The minimum atomic E-state index is -3.69. The summed E-state index contributed by atoms with van der Waals surface area (Å²) in [5.74, 6) is -0.546. The van der Waals surface area contributed by atoms with Crippen LogP contribution in [-0.4, -0.2) is 44.9 Å². The molecule has 3 aromatic carbocycles. The molecule has 0 aliphatic carbocycles. The lowest BCUT2D eigenvalue weighted by atomic mass is 10.2. The van der Waals surface area contributed by atoms with Gasteiger partial charge >= 0.3 is 5.97 Å². The maximum Gasteiger partial charge on any atom is 0.338 e. The van der Waals surface area contributed by atoms with E-state index < -0.39 is 16.0 Å². The van der Waals surface area contributed by atoms with Crippen LogP contribution in [0.25, 0.3) is 0 Å². The third-order valence-corrected chi connectivity index (χ3v) is 7.17. The molecule has 1 heterocycles. The lowest BCUT2D eigenvalue weighted by Gasteiger charge is -2.35. The minimum absolute atomic E-state index is 0.106. The SMILES string of the molecule is O=C(OCc1ccccc1)c1cccc(S(=O)(=O)N2CCN(c3ccccc3)CC2)c1. The average molecular weight is 437 g/mol. The molecule has 0 spiro atoms. The summed E-state index contributed by atoms with van der Waals surface area (Å²) in [4.78, 5) is 14.7. The van der Waals surface area contributed by atoms with Gasteiger partial charge in [0.2, 0.25) is 10.0 Å². The van der Waals surface area contributed by atoms with Gasteiger partial charge in [0, 0.05) is 31.9 Å². The number of nitrogens with zero attached hydrogens (tertiary/aromatic N) is 2.